The van der Waals surface area contributed by atoms with Crippen LogP contribution in [0.2, 0.25) is 0 Å². The molecule has 0 spiro atoms. The normalized spacial score (nSPS) is 11.0. The number of rotatable bonds is 9. The van der Waals surface area contributed by atoms with Gasteiger partial charge >= 0.3 is 0 Å². The maximum atomic E-state index is 12.9. The lowest BCUT2D eigenvalue weighted by Crippen LogP contribution is -2.15. The van der Waals surface area contributed by atoms with Crippen LogP contribution in [0.25, 0.3) is 33.5 Å². The predicted octanol–water partition coefficient (Wildman–Crippen LogP) is 5.51. The largest absolute Gasteiger partial charge is 0.465 e. The van der Waals surface area contributed by atoms with Gasteiger partial charge in [0.2, 0.25) is 11.7 Å². The highest BCUT2D eigenvalue weighted by Gasteiger charge is 2.18. The number of fused-ring (bicyclic) bond motifs is 1. The van der Waals surface area contributed by atoms with Gasteiger partial charge in [-0.1, -0.05) is 84.9 Å². The van der Waals surface area contributed by atoms with Crippen molar-refractivity contribution in [1.82, 2.24) is 30.2 Å². The molecule has 0 unspecified atom stereocenters. The second-order valence-corrected chi connectivity index (χ2v) is 9.28. The van der Waals surface area contributed by atoms with E-state index in [0.717, 1.165) is 38.9 Å². The zero-order valence-electron chi connectivity index (χ0n) is 21.9. The molecule has 6 rings (SSSR count). The van der Waals surface area contributed by atoms with Gasteiger partial charge < -0.3 is 10.1 Å². The molecular weight excluding hydrogens is 502 g/mol. The third kappa shape index (κ3) is 5.17. The van der Waals surface area contributed by atoms with Crippen molar-refractivity contribution in [2.75, 3.05) is 11.9 Å². The summed E-state index contributed by atoms with van der Waals surface area (Å²) in [6.07, 6.45) is 0.288. The van der Waals surface area contributed by atoms with Crippen LogP contribution in [0.1, 0.15) is 18.1 Å². The lowest BCUT2D eigenvalue weighted by Gasteiger charge is -2.13. The van der Waals surface area contributed by atoms with Crippen molar-refractivity contribution >= 4 is 22.6 Å². The zero-order chi connectivity index (χ0) is 27.3. The van der Waals surface area contributed by atoms with Crippen molar-refractivity contribution in [3.63, 3.8) is 0 Å². The first-order valence-electron chi connectivity index (χ1n) is 13.1. The minimum absolute atomic E-state index is 0.0889. The number of aromatic nitrogens is 6. The smallest absolute Gasteiger partial charge is 0.297 e. The number of H-pyrrole nitrogens is 1. The van der Waals surface area contributed by atoms with Crippen LogP contribution in [0.3, 0.4) is 0 Å². The summed E-state index contributed by atoms with van der Waals surface area (Å²) in [5.74, 6) is 0.460. The molecule has 1 amide bonds. The van der Waals surface area contributed by atoms with Crippen LogP contribution in [0.4, 0.5) is 5.69 Å². The van der Waals surface area contributed by atoms with Crippen molar-refractivity contribution in [3.8, 4) is 28.5 Å². The number of tetrazole rings is 1. The average molecular weight is 530 g/mol. The van der Waals surface area contributed by atoms with E-state index in [-0.39, 0.29) is 12.3 Å². The molecule has 40 heavy (non-hydrogen) atoms. The molecule has 0 radical (unpaired) electrons. The van der Waals surface area contributed by atoms with E-state index in [1.54, 1.807) is 0 Å². The fourth-order valence-corrected chi connectivity index (χ4v) is 4.80. The van der Waals surface area contributed by atoms with E-state index < -0.39 is 0 Å². The Morgan fingerprint density at radius 1 is 0.875 bits per heavy atom. The number of anilines is 1. The van der Waals surface area contributed by atoms with Gasteiger partial charge in [-0.15, -0.1) is 10.2 Å². The Kier molecular flexibility index (Phi) is 7.00. The Morgan fingerprint density at radius 2 is 1.65 bits per heavy atom. The van der Waals surface area contributed by atoms with Crippen LogP contribution in [0.5, 0.6) is 6.01 Å². The molecular formula is C31H27N7O2. The molecule has 4 aromatic carbocycles. The van der Waals surface area contributed by atoms with Crippen molar-refractivity contribution in [2.24, 2.45) is 0 Å². The Balaban J connectivity index is 1.31. The Hall–Kier alpha value is -5.31. The molecule has 0 fully saturated rings. The molecule has 9 nitrogen and oxygen atoms in total. The van der Waals surface area contributed by atoms with E-state index in [1.807, 2.05) is 84.3 Å². The lowest BCUT2D eigenvalue weighted by atomic mass is 9.98. The van der Waals surface area contributed by atoms with Gasteiger partial charge in [-0.3, -0.25) is 9.36 Å². The highest BCUT2D eigenvalue weighted by atomic mass is 16.5. The first-order chi connectivity index (χ1) is 19.7. The van der Waals surface area contributed by atoms with Crippen LogP contribution < -0.4 is 10.1 Å². The highest BCUT2D eigenvalue weighted by Crippen LogP contribution is 2.32. The Labute approximate surface area is 230 Å². The van der Waals surface area contributed by atoms with Crippen LogP contribution in [0, 0.1) is 0 Å². The van der Waals surface area contributed by atoms with Crippen molar-refractivity contribution < 1.29 is 9.53 Å². The van der Waals surface area contributed by atoms with Crippen molar-refractivity contribution in [1.29, 1.82) is 0 Å². The predicted molar refractivity (Wildman–Crippen MR) is 154 cm³/mol. The third-order valence-corrected chi connectivity index (χ3v) is 6.61. The van der Waals surface area contributed by atoms with Gasteiger partial charge in [0.05, 0.1) is 36.3 Å². The summed E-state index contributed by atoms with van der Waals surface area (Å²) >= 11 is 0. The zero-order valence-corrected chi connectivity index (χ0v) is 21.9. The average Bonchev–Trinajstić information content (AvgIpc) is 3.64. The van der Waals surface area contributed by atoms with Gasteiger partial charge in [0, 0.05) is 5.56 Å². The van der Waals surface area contributed by atoms with Gasteiger partial charge in [-0.05, 0) is 46.5 Å². The quantitative estimate of drug-likeness (QED) is 0.255. The number of para-hydroxylation sites is 1. The number of hydrogen-bond acceptors (Lipinski definition) is 6. The summed E-state index contributed by atoms with van der Waals surface area (Å²) in [5.41, 5.74) is 7.25. The number of amides is 1. The minimum atomic E-state index is -0.0889. The molecule has 0 aliphatic rings. The Morgan fingerprint density at radius 3 is 2.40 bits per heavy atom. The maximum absolute atomic E-state index is 12.9. The molecule has 0 atom stereocenters. The molecule has 9 heteroatoms. The maximum Gasteiger partial charge on any atom is 0.297 e. The van der Waals surface area contributed by atoms with Gasteiger partial charge in [0.15, 0.2) is 0 Å². The summed E-state index contributed by atoms with van der Waals surface area (Å²) in [7, 11) is 0. The molecule has 2 N–H and O–H groups in total. The van der Waals surface area contributed by atoms with Crippen LogP contribution in [-0.4, -0.2) is 42.7 Å². The first kappa shape index (κ1) is 25.0. The standard InChI is InChI=1S/C31H27N7O2/c1-2-40-31-33-27-14-8-13-26(32-28(39)19-21-9-4-3-5-10-21)29(27)38(31)20-22-15-17-23(18-16-22)24-11-6-7-12-25(24)30-34-36-37-35-30/h3-18H,2,19-20H2,1H3,(H,32,39)(H,34,35,36,37). The van der Waals surface area contributed by atoms with E-state index in [4.69, 9.17) is 9.72 Å². The first-order valence-corrected chi connectivity index (χ1v) is 13.1. The van der Waals surface area contributed by atoms with Crippen LogP contribution >= 0.6 is 0 Å². The fraction of sp³-hybridized carbons (Fsp3) is 0.129. The number of aromatic amines is 1. The van der Waals surface area contributed by atoms with E-state index in [1.165, 1.54) is 0 Å². The molecule has 0 saturated heterocycles. The van der Waals surface area contributed by atoms with Gasteiger partial charge in [-0.25, -0.2) is 0 Å². The van der Waals surface area contributed by atoms with Gasteiger partial charge in [-0.2, -0.15) is 10.2 Å². The molecule has 2 heterocycles. The lowest BCUT2D eigenvalue weighted by molar-refractivity contribution is -0.115. The molecule has 0 saturated carbocycles. The topological polar surface area (TPSA) is 111 Å². The monoisotopic (exact) mass is 529 g/mol. The molecule has 0 aliphatic heterocycles. The Bertz CT molecular complexity index is 1740. The number of benzene rings is 4. The van der Waals surface area contributed by atoms with E-state index in [0.29, 0.717) is 30.7 Å². The number of imidazole rings is 1. The summed E-state index contributed by atoms with van der Waals surface area (Å²) in [5, 5.41) is 17.6. The molecule has 0 bridgehead atoms. The van der Waals surface area contributed by atoms with Gasteiger partial charge in [0.1, 0.15) is 0 Å². The highest BCUT2D eigenvalue weighted by molar-refractivity contribution is 6.00. The number of nitrogens with one attached hydrogen (secondary N) is 2. The second kappa shape index (κ2) is 11.2. The van der Waals surface area contributed by atoms with Gasteiger partial charge in [0.25, 0.3) is 6.01 Å². The molecule has 2 aromatic heterocycles. The molecule has 198 valence electrons. The number of ether oxygens (including phenoxy) is 1. The van der Waals surface area contributed by atoms with E-state index in [9.17, 15) is 4.79 Å². The third-order valence-electron chi connectivity index (χ3n) is 6.61. The summed E-state index contributed by atoms with van der Waals surface area (Å²) in [6.45, 7) is 2.93. The number of hydrogen-bond donors (Lipinski definition) is 2. The van der Waals surface area contributed by atoms with Crippen molar-refractivity contribution in [3.05, 3.63) is 108 Å². The van der Waals surface area contributed by atoms with E-state index in [2.05, 4.69) is 50.2 Å². The summed E-state index contributed by atoms with van der Waals surface area (Å²) < 4.78 is 7.93. The summed E-state index contributed by atoms with van der Waals surface area (Å²) in [4.78, 5) is 17.6. The van der Waals surface area contributed by atoms with Crippen LogP contribution in [0.15, 0.2) is 97.1 Å². The molecule has 0 aliphatic carbocycles. The number of nitrogens with zero attached hydrogens (tertiary/aromatic N) is 5. The summed E-state index contributed by atoms with van der Waals surface area (Å²) in [6, 6.07) is 32.2. The fourth-order valence-electron chi connectivity index (χ4n) is 4.80. The second-order valence-electron chi connectivity index (χ2n) is 9.28. The number of carbonyl (C=O) groups excluding carboxylic acids is 1. The van der Waals surface area contributed by atoms with E-state index >= 15 is 0 Å². The van der Waals surface area contributed by atoms with Crippen molar-refractivity contribution in [2.45, 2.75) is 19.9 Å². The molecule has 6 aromatic rings. The number of carbonyl (C=O) groups is 1. The van der Waals surface area contributed by atoms with Crippen LogP contribution in [-0.2, 0) is 17.8 Å². The SMILES string of the molecule is CCOc1nc2cccc(NC(=O)Cc3ccccc3)c2n1Cc1ccc(-c2ccccc2-c2nn[nH]n2)cc1. The minimum Gasteiger partial charge on any atom is -0.465 e.